The summed E-state index contributed by atoms with van der Waals surface area (Å²) in [6.45, 7) is 0. The minimum absolute atomic E-state index is 0.0130. The second-order valence-corrected chi connectivity index (χ2v) is 6.55. The highest BCUT2D eigenvalue weighted by Crippen LogP contribution is 2.55. The number of fused-ring (bicyclic) bond motifs is 3. The van der Waals surface area contributed by atoms with Gasteiger partial charge in [0.15, 0.2) is 0 Å². The van der Waals surface area contributed by atoms with Gasteiger partial charge in [-0.15, -0.1) is 0 Å². The monoisotopic (exact) mass is 354 g/mol. The minimum atomic E-state index is -0.373. The van der Waals surface area contributed by atoms with Crippen LogP contribution in [0, 0.1) is 16.0 Å². The van der Waals surface area contributed by atoms with Gasteiger partial charge in [0, 0.05) is 23.6 Å². The third-order valence-corrected chi connectivity index (χ3v) is 5.22. The molecule has 1 aliphatic heterocycles. The number of rotatable bonds is 3. The van der Waals surface area contributed by atoms with E-state index >= 15 is 0 Å². The molecule has 134 valence electrons. The average molecular weight is 354 g/mol. The van der Waals surface area contributed by atoms with Crippen LogP contribution in [-0.4, -0.2) is 22.2 Å². The number of nitrogens with zero attached hydrogens (tertiary/aromatic N) is 1. The van der Waals surface area contributed by atoms with Gasteiger partial charge >= 0.3 is 0 Å². The zero-order chi connectivity index (χ0) is 18.4. The maximum absolute atomic E-state index is 11.5. The van der Waals surface area contributed by atoms with Crippen molar-refractivity contribution in [3.63, 3.8) is 0 Å². The molecule has 0 aromatic heterocycles. The van der Waals surface area contributed by atoms with E-state index in [0.29, 0.717) is 22.6 Å². The number of nitro groups is 1. The number of hydrogen-bond acceptors (Lipinski definition) is 6. The van der Waals surface area contributed by atoms with E-state index in [9.17, 15) is 20.3 Å². The number of phenolic OH excluding ortho intramolecular Hbond substituents is 2. The normalized spacial score (nSPS) is 23.0. The molecule has 2 aromatic carbocycles. The zero-order valence-corrected chi connectivity index (χ0v) is 14.0. The van der Waals surface area contributed by atoms with Crippen molar-refractivity contribution in [2.24, 2.45) is 5.92 Å². The molecule has 2 aromatic rings. The molecule has 7 heteroatoms. The molecule has 0 amide bonds. The van der Waals surface area contributed by atoms with Crippen LogP contribution in [0.4, 0.5) is 11.4 Å². The van der Waals surface area contributed by atoms with Gasteiger partial charge in [-0.05, 0) is 30.5 Å². The number of nitrogens with one attached hydrogen (secondary N) is 1. The van der Waals surface area contributed by atoms with Gasteiger partial charge in [-0.1, -0.05) is 12.2 Å². The first kappa shape index (κ1) is 16.3. The van der Waals surface area contributed by atoms with E-state index in [2.05, 4.69) is 5.32 Å². The van der Waals surface area contributed by atoms with Gasteiger partial charge in [-0.25, -0.2) is 0 Å². The first-order chi connectivity index (χ1) is 12.5. The fourth-order valence-electron chi connectivity index (χ4n) is 4.10. The van der Waals surface area contributed by atoms with Crippen LogP contribution >= 0.6 is 0 Å². The van der Waals surface area contributed by atoms with Gasteiger partial charge < -0.3 is 20.3 Å². The van der Waals surface area contributed by atoms with Crippen molar-refractivity contribution in [3.8, 4) is 17.2 Å². The second-order valence-electron chi connectivity index (χ2n) is 6.55. The summed E-state index contributed by atoms with van der Waals surface area (Å²) in [6.07, 6.45) is 4.73. The van der Waals surface area contributed by atoms with Crippen LogP contribution in [0.2, 0.25) is 0 Å². The standard InChI is InChI=1S/C19H18N2O5/c1-26-16-8-7-14(21(24)25)17-11-3-2-4-12(11)18(20-19(16)17)13-6-5-10(22)9-15(13)23/h2-3,5-9,11-12,18,20,22-23H,4H2,1H3. The van der Waals surface area contributed by atoms with Crippen molar-refractivity contribution in [1.29, 1.82) is 0 Å². The fraction of sp³-hybridized carbons (Fsp3) is 0.263. The summed E-state index contributed by atoms with van der Waals surface area (Å²) in [5, 5.41) is 34.8. The Bertz CT molecular complexity index is 924. The molecule has 0 fully saturated rings. The topological polar surface area (TPSA) is 105 Å². The van der Waals surface area contributed by atoms with E-state index in [1.54, 1.807) is 12.1 Å². The van der Waals surface area contributed by atoms with Crippen molar-refractivity contribution >= 4 is 11.4 Å². The van der Waals surface area contributed by atoms with Crippen LogP contribution in [0.15, 0.2) is 42.5 Å². The van der Waals surface area contributed by atoms with E-state index in [-0.39, 0.29) is 40.0 Å². The van der Waals surface area contributed by atoms with E-state index in [1.165, 1.54) is 25.3 Å². The number of anilines is 1. The Kier molecular flexibility index (Phi) is 3.72. The molecule has 3 atom stereocenters. The van der Waals surface area contributed by atoms with Crippen molar-refractivity contribution < 1.29 is 19.9 Å². The summed E-state index contributed by atoms with van der Waals surface area (Å²) in [5.41, 5.74) is 1.89. The zero-order valence-electron chi connectivity index (χ0n) is 14.0. The largest absolute Gasteiger partial charge is 0.508 e. The SMILES string of the molecule is COc1ccc([N+](=O)[O-])c2c1NC(c1ccc(O)cc1O)C1CC=CC21. The molecule has 26 heavy (non-hydrogen) atoms. The van der Waals surface area contributed by atoms with Crippen LogP contribution < -0.4 is 10.1 Å². The second kappa shape index (κ2) is 5.94. The molecule has 3 N–H and O–H groups in total. The molecule has 0 bridgehead atoms. The van der Waals surface area contributed by atoms with Crippen molar-refractivity contribution in [1.82, 2.24) is 0 Å². The molecule has 7 nitrogen and oxygen atoms in total. The number of methoxy groups -OCH3 is 1. The molecule has 3 unspecified atom stereocenters. The molecule has 0 saturated carbocycles. The predicted octanol–water partition coefficient (Wildman–Crippen LogP) is 3.84. The maximum Gasteiger partial charge on any atom is 0.275 e. The highest BCUT2D eigenvalue weighted by Gasteiger charge is 2.43. The summed E-state index contributed by atoms with van der Waals surface area (Å²) >= 11 is 0. The van der Waals surface area contributed by atoms with Crippen molar-refractivity contribution in [3.05, 3.63) is 63.7 Å². The molecular formula is C19H18N2O5. The summed E-state index contributed by atoms with van der Waals surface area (Å²) in [6, 6.07) is 7.28. The summed E-state index contributed by atoms with van der Waals surface area (Å²) < 4.78 is 5.42. The molecule has 2 aliphatic rings. The lowest BCUT2D eigenvalue weighted by molar-refractivity contribution is -0.385. The predicted molar refractivity (Wildman–Crippen MR) is 95.8 cm³/mol. The lowest BCUT2D eigenvalue weighted by Crippen LogP contribution is -2.30. The highest BCUT2D eigenvalue weighted by atomic mass is 16.6. The Morgan fingerprint density at radius 2 is 2.08 bits per heavy atom. The fourth-order valence-corrected chi connectivity index (χ4v) is 4.10. The Labute approximate surface area is 149 Å². The number of hydrogen-bond donors (Lipinski definition) is 3. The first-order valence-corrected chi connectivity index (χ1v) is 8.31. The summed E-state index contributed by atoms with van der Waals surface area (Å²) in [4.78, 5) is 11.2. The Morgan fingerprint density at radius 3 is 2.77 bits per heavy atom. The Morgan fingerprint density at radius 1 is 1.27 bits per heavy atom. The molecule has 1 heterocycles. The van der Waals surface area contributed by atoms with Crippen LogP contribution in [0.1, 0.15) is 29.5 Å². The molecule has 0 spiro atoms. The van der Waals surface area contributed by atoms with Crippen LogP contribution in [0.3, 0.4) is 0 Å². The highest BCUT2D eigenvalue weighted by molar-refractivity contribution is 5.74. The van der Waals surface area contributed by atoms with Crippen molar-refractivity contribution in [2.45, 2.75) is 18.4 Å². The number of ether oxygens (including phenoxy) is 1. The molecular weight excluding hydrogens is 336 g/mol. The van der Waals surface area contributed by atoms with Crippen LogP contribution in [0.5, 0.6) is 17.2 Å². The molecule has 0 saturated heterocycles. The number of allylic oxidation sites excluding steroid dienone is 2. The van der Waals surface area contributed by atoms with Gasteiger partial charge in [0.25, 0.3) is 5.69 Å². The van der Waals surface area contributed by atoms with Gasteiger partial charge in [-0.3, -0.25) is 10.1 Å². The number of benzene rings is 2. The van der Waals surface area contributed by atoms with Gasteiger partial charge in [0.2, 0.25) is 0 Å². The Balaban J connectivity index is 1.90. The summed E-state index contributed by atoms with van der Waals surface area (Å²) in [5.74, 6) is 0.356. The minimum Gasteiger partial charge on any atom is -0.508 e. The third-order valence-electron chi connectivity index (χ3n) is 5.22. The third kappa shape index (κ3) is 2.35. The van der Waals surface area contributed by atoms with Gasteiger partial charge in [0.1, 0.15) is 17.2 Å². The molecule has 1 aliphatic carbocycles. The molecule has 4 rings (SSSR count). The van der Waals surface area contributed by atoms with Crippen LogP contribution in [0.25, 0.3) is 0 Å². The quantitative estimate of drug-likeness (QED) is 0.439. The lowest BCUT2D eigenvalue weighted by Gasteiger charge is -2.37. The maximum atomic E-state index is 11.5. The van der Waals surface area contributed by atoms with E-state index < -0.39 is 0 Å². The number of aromatic hydroxyl groups is 2. The number of phenols is 2. The summed E-state index contributed by atoms with van der Waals surface area (Å²) in [7, 11) is 1.52. The smallest absolute Gasteiger partial charge is 0.275 e. The Hall–Kier alpha value is -3.22. The average Bonchev–Trinajstić information content (AvgIpc) is 3.10. The lowest BCUT2D eigenvalue weighted by atomic mass is 9.76. The first-order valence-electron chi connectivity index (χ1n) is 8.31. The van der Waals surface area contributed by atoms with Crippen molar-refractivity contribution in [2.75, 3.05) is 12.4 Å². The van der Waals surface area contributed by atoms with Gasteiger partial charge in [0.05, 0.1) is 29.3 Å². The van der Waals surface area contributed by atoms with E-state index in [4.69, 9.17) is 4.74 Å². The van der Waals surface area contributed by atoms with Crippen LogP contribution in [-0.2, 0) is 0 Å². The van der Waals surface area contributed by atoms with E-state index in [1.807, 2.05) is 12.2 Å². The number of nitro benzene ring substituents is 1. The van der Waals surface area contributed by atoms with Gasteiger partial charge in [-0.2, -0.15) is 0 Å². The van der Waals surface area contributed by atoms with E-state index in [0.717, 1.165) is 6.42 Å². The molecule has 0 radical (unpaired) electrons.